The number of imide groups is 1. The Balaban J connectivity index is 3.00. The van der Waals surface area contributed by atoms with Gasteiger partial charge in [-0.1, -0.05) is 23.2 Å². The molecule has 0 radical (unpaired) electrons. The fraction of sp³-hybridized carbons (Fsp3) is 0. The van der Waals surface area contributed by atoms with Gasteiger partial charge in [0, 0.05) is 5.02 Å². The first-order chi connectivity index (χ1) is 6.13. The second-order valence-electron chi connectivity index (χ2n) is 2.08. The molecular formula is C7H4Cl2N2O2. The topological polar surface area (TPSA) is 59.1 Å². The van der Waals surface area contributed by atoms with Gasteiger partial charge in [-0.25, -0.2) is 4.98 Å². The Kier molecular flexibility index (Phi) is 3.22. The molecule has 68 valence electrons. The smallest absolute Gasteiger partial charge is 0.276 e. The van der Waals surface area contributed by atoms with Gasteiger partial charge in [-0.05, 0) is 12.1 Å². The van der Waals surface area contributed by atoms with E-state index in [2.05, 4.69) is 4.98 Å². The van der Waals surface area contributed by atoms with E-state index in [1.165, 1.54) is 12.1 Å². The van der Waals surface area contributed by atoms with Crippen molar-refractivity contribution in [1.29, 1.82) is 0 Å². The molecule has 1 aromatic rings. The van der Waals surface area contributed by atoms with Crippen LogP contribution in [0.25, 0.3) is 0 Å². The van der Waals surface area contributed by atoms with E-state index in [1.54, 1.807) is 0 Å². The maximum atomic E-state index is 11.0. The zero-order valence-electron chi connectivity index (χ0n) is 6.25. The summed E-state index contributed by atoms with van der Waals surface area (Å²) in [7, 11) is 0. The molecule has 1 N–H and O–H groups in total. The molecular weight excluding hydrogens is 215 g/mol. The Morgan fingerprint density at radius 3 is 2.69 bits per heavy atom. The third-order valence-electron chi connectivity index (χ3n) is 1.18. The molecule has 0 aromatic carbocycles. The minimum absolute atomic E-state index is 0.00426. The molecule has 0 spiro atoms. The van der Waals surface area contributed by atoms with Crippen LogP contribution in [0, 0.1) is 0 Å². The quantitative estimate of drug-likeness (QED) is 0.601. The summed E-state index contributed by atoms with van der Waals surface area (Å²) in [6.07, 6.45) is 0.263. The van der Waals surface area contributed by atoms with Crippen molar-refractivity contribution in [2.24, 2.45) is 0 Å². The highest BCUT2D eigenvalue weighted by Gasteiger charge is 2.07. The van der Waals surface area contributed by atoms with Crippen molar-refractivity contribution in [3.8, 4) is 0 Å². The zero-order valence-corrected chi connectivity index (χ0v) is 7.76. The first-order valence-corrected chi connectivity index (χ1v) is 3.96. The van der Waals surface area contributed by atoms with E-state index in [0.29, 0.717) is 0 Å². The van der Waals surface area contributed by atoms with Crippen LogP contribution in [-0.2, 0) is 4.79 Å². The lowest BCUT2D eigenvalue weighted by Gasteiger charge is -1.98. The van der Waals surface area contributed by atoms with Gasteiger partial charge < -0.3 is 0 Å². The Morgan fingerprint density at radius 2 is 2.15 bits per heavy atom. The van der Waals surface area contributed by atoms with Gasteiger partial charge in [0.15, 0.2) is 0 Å². The summed E-state index contributed by atoms with van der Waals surface area (Å²) in [5, 5.41) is 2.31. The fourth-order valence-corrected chi connectivity index (χ4v) is 1.18. The van der Waals surface area contributed by atoms with Crippen LogP contribution in [0.1, 0.15) is 10.5 Å². The summed E-state index contributed by atoms with van der Waals surface area (Å²) in [4.78, 5) is 24.6. The molecule has 0 saturated heterocycles. The summed E-state index contributed by atoms with van der Waals surface area (Å²) in [6.45, 7) is 0. The lowest BCUT2D eigenvalue weighted by atomic mass is 10.3. The molecule has 6 heteroatoms. The molecule has 2 amide bonds. The molecule has 13 heavy (non-hydrogen) atoms. The first kappa shape index (κ1) is 9.95. The van der Waals surface area contributed by atoms with E-state index in [0.717, 1.165) is 0 Å². The maximum absolute atomic E-state index is 11.0. The van der Waals surface area contributed by atoms with Gasteiger partial charge in [0.25, 0.3) is 5.91 Å². The maximum Gasteiger partial charge on any atom is 0.276 e. The van der Waals surface area contributed by atoms with Crippen LogP contribution >= 0.6 is 23.2 Å². The molecule has 1 aromatic heterocycles. The third kappa shape index (κ3) is 2.68. The summed E-state index contributed by atoms with van der Waals surface area (Å²) in [5.41, 5.74) is 0.00426. The summed E-state index contributed by atoms with van der Waals surface area (Å²) in [5.74, 6) is -0.639. The summed E-state index contributed by atoms with van der Waals surface area (Å²) in [6, 6.07) is 2.70. The number of nitrogens with zero attached hydrogens (tertiary/aromatic N) is 1. The second kappa shape index (κ2) is 4.20. The zero-order chi connectivity index (χ0) is 9.84. The van der Waals surface area contributed by atoms with E-state index >= 15 is 0 Å². The van der Waals surface area contributed by atoms with Crippen molar-refractivity contribution in [2.45, 2.75) is 0 Å². The van der Waals surface area contributed by atoms with E-state index in [4.69, 9.17) is 23.2 Å². The lowest BCUT2D eigenvalue weighted by molar-refractivity contribution is -0.108. The van der Waals surface area contributed by atoms with Crippen molar-refractivity contribution < 1.29 is 9.59 Å². The molecule has 0 fully saturated rings. The highest BCUT2D eigenvalue weighted by molar-refractivity contribution is 6.34. The van der Waals surface area contributed by atoms with E-state index in [-0.39, 0.29) is 22.3 Å². The monoisotopic (exact) mass is 218 g/mol. The lowest BCUT2D eigenvalue weighted by Crippen LogP contribution is -2.22. The van der Waals surface area contributed by atoms with Crippen LogP contribution < -0.4 is 5.32 Å². The fourth-order valence-electron chi connectivity index (χ4n) is 0.709. The minimum atomic E-state index is -0.639. The van der Waals surface area contributed by atoms with Crippen molar-refractivity contribution in [3.05, 3.63) is 28.0 Å². The van der Waals surface area contributed by atoms with Crippen LogP contribution in [0.3, 0.4) is 0 Å². The predicted octanol–water partition coefficient (Wildman–Crippen LogP) is 1.27. The van der Waals surface area contributed by atoms with Crippen LogP contribution in [0.2, 0.25) is 10.2 Å². The van der Waals surface area contributed by atoms with E-state index in [1.807, 2.05) is 5.32 Å². The molecule has 0 saturated carbocycles. The largest absolute Gasteiger partial charge is 0.294 e. The molecule has 1 heterocycles. The number of rotatable bonds is 2. The molecule has 4 nitrogen and oxygen atoms in total. The number of hydrogen-bond donors (Lipinski definition) is 1. The van der Waals surface area contributed by atoms with Gasteiger partial charge in [0.05, 0.1) is 0 Å². The number of aromatic nitrogens is 1. The predicted molar refractivity (Wildman–Crippen MR) is 47.8 cm³/mol. The molecule has 0 aliphatic carbocycles. The number of halogens is 2. The molecule has 0 bridgehead atoms. The number of amides is 2. The molecule has 1 rings (SSSR count). The number of nitrogens with one attached hydrogen (secondary N) is 1. The average molecular weight is 219 g/mol. The van der Waals surface area contributed by atoms with E-state index in [9.17, 15) is 9.59 Å². The van der Waals surface area contributed by atoms with Crippen LogP contribution in [0.15, 0.2) is 12.1 Å². The van der Waals surface area contributed by atoms with Crippen molar-refractivity contribution in [3.63, 3.8) is 0 Å². The van der Waals surface area contributed by atoms with Crippen LogP contribution in [0.4, 0.5) is 0 Å². The van der Waals surface area contributed by atoms with Gasteiger partial charge in [0.2, 0.25) is 6.41 Å². The van der Waals surface area contributed by atoms with Crippen molar-refractivity contribution in [1.82, 2.24) is 10.3 Å². The molecule has 0 atom stereocenters. The normalized spacial score (nSPS) is 9.38. The summed E-state index contributed by atoms with van der Waals surface area (Å²) < 4.78 is 0. The highest BCUT2D eigenvalue weighted by Crippen LogP contribution is 2.15. The van der Waals surface area contributed by atoms with E-state index < -0.39 is 5.91 Å². The van der Waals surface area contributed by atoms with Gasteiger partial charge in [-0.15, -0.1) is 0 Å². The number of hydrogen-bond acceptors (Lipinski definition) is 3. The number of carbonyl (C=O) groups is 2. The Morgan fingerprint density at radius 1 is 1.46 bits per heavy atom. The second-order valence-corrected chi connectivity index (χ2v) is 2.91. The Bertz CT molecular complexity index is 334. The van der Waals surface area contributed by atoms with Crippen LogP contribution in [-0.4, -0.2) is 17.3 Å². The molecule has 0 aliphatic heterocycles. The van der Waals surface area contributed by atoms with Crippen molar-refractivity contribution >= 4 is 35.5 Å². The van der Waals surface area contributed by atoms with Crippen LogP contribution in [0.5, 0.6) is 0 Å². The molecule has 0 aliphatic rings. The van der Waals surface area contributed by atoms with Gasteiger partial charge in [0.1, 0.15) is 10.8 Å². The van der Waals surface area contributed by atoms with Gasteiger partial charge in [-0.3, -0.25) is 14.9 Å². The number of carbonyl (C=O) groups excluding carboxylic acids is 2. The van der Waals surface area contributed by atoms with Gasteiger partial charge in [-0.2, -0.15) is 0 Å². The molecule has 0 unspecified atom stereocenters. The first-order valence-electron chi connectivity index (χ1n) is 3.21. The third-order valence-corrected chi connectivity index (χ3v) is 1.59. The standard InChI is InChI=1S/C7H4Cl2N2O2/c8-4-1-5(7(13)10-3-12)11-6(9)2-4/h1-3H,(H,10,12,13). The van der Waals surface area contributed by atoms with Crippen molar-refractivity contribution in [2.75, 3.05) is 0 Å². The minimum Gasteiger partial charge on any atom is -0.294 e. The highest BCUT2D eigenvalue weighted by atomic mass is 35.5. The van der Waals surface area contributed by atoms with Gasteiger partial charge >= 0.3 is 0 Å². The SMILES string of the molecule is O=CNC(=O)c1cc(Cl)cc(Cl)n1. The average Bonchev–Trinajstić information content (AvgIpc) is 2.03. The Hall–Kier alpha value is -1.13. The Labute approximate surface area is 83.9 Å². The number of pyridine rings is 1. The summed E-state index contributed by atoms with van der Waals surface area (Å²) >= 11 is 11.1.